The van der Waals surface area contributed by atoms with Crippen molar-refractivity contribution in [2.75, 3.05) is 20.2 Å². The second-order valence-corrected chi connectivity index (χ2v) is 3.66. The van der Waals surface area contributed by atoms with E-state index >= 15 is 0 Å². The highest BCUT2D eigenvalue weighted by Gasteiger charge is 2.30. The molecule has 86 valence electrons. The van der Waals surface area contributed by atoms with E-state index in [9.17, 15) is 15.3 Å². The smallest absolute Gasteiger partial charge is 0.111 e. The van der Waals surface area contributed by atoms with Crippen LogP contribution in [0.4, 0.5) is 0 Å². The van der Waals surface area contributed by atoms with E-state index in [1.807, 2.05) is 0 Å². The monoisotopic (exact) mass is 229 g/mol. The first-order valence-corrected chi connectivity index (χ1v) is 4.44. The molecule has 14 heavy (non-hydrogen) atoms. The molecule has 0 saturated carbocycles. The molecule has 0 rings (SSSR count). The third-order valence-corrected chi connectivity index (χ3v) is 1.90. The van der Waals surface area contributed by atoms with Crippen molar-refractivity contribution in [3.8, 4) is 0 Å². The van der Waals surface area contributed by atoms with Crippen LogP contribution < -0.4 is 0 Å². The number of nitrogens with zero attached hydrogens (tertiary/aromatic N) is 1. The lowest BCUT2D eigenvalue weighted by molar-refractivity contribution is -0.116. The molecule has 0 spiro atoms. The maximum absolute atomic E-state index is 9.28. The van der Waals surface area contributed by atoms with Crippen molar-refractivity contribution in [1.82, 2.24) is 4.42 Å². The maximum Gasteiger partial charge on any atom is 0.111 e. The Bertz CT molecular complexity index is 159. The van der Waals surface area contributed by atoms with Gasteiger partial charge in [0.2, 0.25) is 0 Å². The average molecular weight is 230 g/mol. The van der Waals surface area contributed by atoms with E-state index in [0.717, 1.165) is 4.42 Å². The lowest BCUT2D eigenvalue weighted by Crippen LogP contribution is -2.48. The average Bonchev–Trinajstić information content (AvgIpc) is 2.13. The first-order valence-electron chi connectivity index (χ1n) is 4.10. The van der Waals surface area contributed by atoms with Gasteiger partial charge in [0.15, 0.2) is 0 Å². The van der Waals surface area contributed by atoms with E-state index in [1.165, 1.54) is 7.05 Å². The fraction of sp³-hybridized carbons (Fsp3) is 1.00. The molecule has 0 aromatic rings. The van der Waals surface area contributed by atoms with Gasteiger partial charge in [0.1, 0.15) is 18.3 Å². The highest BCUT2D eigenvalue weighted by molar-refractivity contribution is 6.13. The van der Waals surface area contributed by atoms with Crippen LogP contribution in [-0.4, -0.2) is 74.6 Å². The van der Waals surface area contributed by atoms with Gasteiger partial charge < -0.3 is 25.5 Å². The first kappa shape index (κ1) is 14.1. The number of likely N-dealkylation sites (N-methyl/N-ethyl adjacent to an activating group) is 1. The number of aliphatic hydroxyl groups is 5. The lowest BCUT2D eigenvalue weighted by atomic mass is 10.0. The summed E-state index contributed by atoms with van der Waals surface area (Å²) in [6.07, 6.45) is -5.95. The summed E-state index contributed by atoms with van der Waals surface area (Å²) in [5, 5.41) is 45.2. The van der Waals surface area contributed by atoms with Crippen molar-refractivity contribution in [2.24, 2.45) is 0 Å². The Kier molecular flexibility index (Phi) is 6.54. The molecule has 0 heterocycles. The van der Waals surface area contributed by atoms with Gasteiger partial charge in [-0.15, -0.1) is 0 Å². The molecular formula is C7H16ClNO5. The second kappa shape index (κ2) is 6.52. The van der Waals surface area contributed by atoms with Crippen molar-refractivity contribution >= 4 is 11.8 Å². The molecule has 0 aromatic carbocycles. The van der Waals surface area contributed by atoms with Crippen molar-refractivity contribution in [2.45, 2.75) is 24.4 Å². The summed E-state index contributed by atoms with van der Waals surface area (Å²) in [5.41, 5.74) is 0. The molecule has 4 atom stereocenters. The summed E-state index contributed by atoms with van der Waals surface area (Å²) in [6.45, 7) is -0.764. The van der Waals surface area contributed by atoms with Gasteiger partial charge in [0.05, 0.1) is 12.7 Å². The van der Waals surface area contributed by atoms with Crippen LogP contribution >= 0.6 is 11.8 Å². The van der Waals surface area contributed by atoms with E-state index < -0.39 is 31.0 Å². The maximum atomic E-state index is 9.28. The fourth-order valence-corrected chi connectivity index (χ4v) is 1.07. The van der Waals surface area contributed by atoms with E-state index in [0.29, 0.717) is 0 Å². The van der Waals surface area contributed by atoms with Gasteiger partial charge in [-0.1, -0.05) is 0 Å². The summed E-state index contributed by atoms with van der Waals surface area (Å²) >= 11 is 5.40. The zero-order valence-electron chi connectivity index (χ0n) is 7.78. The number of aliphatic hydroxyl groups excluding tert-OH is 5. The SMILES string of the molecule is CN(Cl)C[C@H](O)[C@@H](O)[C@H](O)[C@H](O)CO. The highest BCUT2D eigenvalue weighted by atomic mass is 35.5. The minimum atomic E-state index is -1.60. The number of hydrogen-bond donors (Lipinski definition) is 5. The summed E-state index contributed by atoms with van der Waals surface area (Å²) in [6, 6.07) is 0. The molecule has 7 heteroatoms. The number of hydrogen-bond acceptors (Lipinski definition) is 6. The van der Waals surface area contributed by atoms with Crippen LogP contribution in [-0.2, 0) is 0 Å². The molecule has 6 nitrogen and oxygen atoms in total. The van der Waals surface area contributed by atoms with Crippen LogP contribution in [0.1, 0.15) is 0 Å². The molecule has 0 aliphatic carbocycles. The van der Waals surface area contributed by atoms with Gasteiger partial charge in [0.25, 0.3) is 0 Å². The van der Waals surface area contributed by atoms with Gasteiger partial charge in [-0.05, 0) is 11.8 Å². The Balaban J connectivity index is 4.09. The Morgan fingerprint density at radius 1 is 1.07 bits per heavy atom. The molecule has 0 saturated heterocycles. The molecule has 0 bridgehead atoms. The summed E-state index contributed by atoms with van der Waals surface area (Å²) in [7, 11) is 1.46. The topological polar surface area (TPSA) is 104 Å². The molecule has 0 aromatic heterocycles. The zero-order chi connectivity index (χ0) is 11.3. The van der Waals surface area contributed by atoms with Crippen LogP contribution in [0.15, 0.2) is 0 Å². The van der Waals surface area contributed by atoms with Crippen LogP contribution in [0.25, 0.3) is 0 Å². The zero-order valence-corrected chi connectivity index (χ0v) is 8.54. The van der Waals surface area contributed by atoms with Crippen molar-refractivity contribution in [1.29, 1.82) is 0 Å². The van der Waals surface area contributed by atoms with Gasteiger partial charge in [-0.2, -0.15) is 0 Å². The van der Waals surface area contributed by atoms with Crippen molar-refractivity contribution in [3.63, 3.8) is 0 Å². The minimum Gasteiger partial charge on any atom is -0.394 e. The Hall–Kier alpha value is 0.0500. The van der Waals surface area contributed by atoms with Gasteiger partial charge in [-0.25, -0.2) is 4.42 Å². The van der Waals surface area contributed by atoms with Gasteiger partial charge in [-0.3, -0.25) is 0 Å². The minimum absolute atomic E-state index is 0.0715. The summed E-state index contributed by atoms with van der Waals surface area (Å²) < 4.78 is 1.10. The van der Waals surface area contributed by atoms with Crippen molar-refractivity contribution in [3.05, 3.63) is 0 Å². The Labute approximate surface area is 87.1 Å². The lowest BCUT2D eigenvalue weighted by Gasteiger charge is -2.26. The molecule has 5 N–H and O–H groups in total. The van der Waals surface area contributed by atoms with Gasteiger partial charge >= 0.3 is 0 Å². The number of halogens is 1. The predicted molar refractivity (Wildman–Crippen MR) is 49.6 cm³/mol. The van der Waals surface area contributed by atoms with E-state index in [1.54, 1.807) is 0 Å². The normalized spacial score (nSPS) is 20.6. The molecule has 0 aliphatic heterocycles. The van der Waals surface area contributed by atoms with Crippen LogP contribution in [0.2, 0.25) is 0 Å². The molecule has 0 amide bonds. The van der Waals surface area contributed by atoms with Crippen LogP contribution in [0, 0.1) is 0 Å². The standard InChI is InChI=1S/C7H16ClNO5/c1-9(8)2-4(11)6(13)7(14)5(12)3-10/h4-7,10-14H,2-3H2,1H3/t4-,5+,6+,7+/m0/s1. The van der Waals surface area contributed by atoms with E-state index in [2.05, 4.69) is 0 Å². The summed E-state index contributed by atoms with van der Waals surface area (Å²) in [5.74, 6) is 0. The molecule has 0 aliphatic rings. The largest absolute Gasteiger partial charge is 0.394 e. The molecule has 0 radical (unpaired) electrons. The molecular weight excluding hydrogens is 214 g/mol. The molecule has 0 unspecified atom stereocenters. The Morgan fingerprint density at radius 2 is 1.50 bits per heavy atom. The van der Waals surface area contributed by atoms with Crippen LogP contribution in [0.5, 0.6) is 0 Å². The summed E-state index contributed by atoms with van der Waals surface area (Å²) in [4.78, 5) is 0. The van der Waals surface area contributed by atoms with Crippen molar-refractivity contribution < 1.29 is 25.5 Å². The third-order valence-electron chi connectivity index (χ3n) is 1.76. The quantitative estimate of drug-likeness (QED) is 0.323. The second-order valence-electron chi connectivity index (χ2n) is 3.09. The Morgan fingerprint density at radius 3 is 1.86 bits per heavy atom. The predicted octanol–water partition coefficient (Wildman–Crippen LogP) is -2.49. The molecule has 0 fully saturated rings. The first-order chi connectivity index (χ1) is 6.40. The van der Waals surface area contributed by atoms with E-state index in [-0.39, 0.29) is 6.54 Å². The van der Waals surface area contributed by atoms with E-state index in [4.69, 9.17) is 22.0 Å². The highest BCUT2D eigenvalue weighted by Crippen LogP contribution is 2.06. The third kappa shape index (κ3) is 4.52. The fourth-order valence-electron chi connectivity index (χ4n) is 0.929. The van der Waals surface area contributed by atoms with Crippen LogP contribution in [0.3, 0.4) is 0 Å². The number of rotatable bonds is 6. The van der Waals surface area contributed by atoms with Gasteiger partial charge in [0, 0.05) is 13.6 Å².